The summed E-state index contributed by atoms with van der Waals surface area (Å²) in [6.07, 6.45) is 0.0177. The minimum atomic E-state index is -0.261. The van der Waals surface area contributed by atoms with E-state index in [-0.39, 0.29) is 23.1 Å². The van der Waals surface area contributed by atoms with Gasteiger partial charge in [0.05, 0.1) is 11.4 Å². The van der Waals surface area contributed by atoms with Crippen LogP contribution in [0.4, 0.5) is 5.69 Å². The second-order valence-electron chi connectivity index (χ2n) is 3.32. The van der Waals surface area contributed by atoms with E-state index in [2.05, 4.69) is 17.5 Å². The third-order valence-electron chi connectivity index (χ3n) is 1.91. The number of nitrogens with two attached hydrogens (primary N) is 1. The van der Waals surface area contributed by atoms with Crippen molar-refractivity contribution in [1.82, 2.24) is 0 Å². The Labute approximate surface area is 98.8 Å². The number of rotatable bonds is 4. The fourth-order valence-corrected chi connectivity index (χ4v) is 1.28. The van der Waals surface area contributed by atoms with Crippen molar-refractivity contribution in [2.45, 2.75) is 13.3 Å². The molecule has 84 valence electrons. The maximum absolute atomic E-state index is 11.3. The van der Waals surface area contributed by atoms with Gasteiger partial charge in [-0.25, -0.2) is 0 Å². The van der Waals surface area contributed by atoms with E-state index < -0.39 is 0 Å². The number of amides is 1. The molecule has 0 aliphatic carbocycles. The highest BCUT2D eigenvalue weighted by atomic mass is 32.1. The van der Waals surface area contributed by atoms with Crippen LogP contribution in [0.25, 0.3) is 0 Å². The van der Waals surface area contributed by atoms with Gasteiger partial charge in [-0.15, -0.1) is 0 Å². The molecule has 0 aromatic heterocycles. The first-order valence-electron chi connectivity index (χ1n) is 4.68. The van der Waals surface area contributed by atoms with Gasteiger partial charge in [-0.1, -0.05) is 12.2 Å². The molecule has 0 saturated carbocycles. The van der Waals surface area contributed by atoms with Gasteiger partial charge in [-0.05, 0) is 31.2 Å². The van der Waals surface area contributed by atoms with E-state index in [0.29, 0.717) is 11.3 Å². The summed E-state index contributed by atoms with van der Waals surface area (Å²) in [7, 11) is 0. The first-order valence-corrected chi connectivity index (χ1v) is 5.09. The summed E-state index contributed by atoms with van der Waals surface area (Å²) < 4.78 is 0. The van der Waals surface area contributed by atoms with Crippen molar-refractivity contribution < 1.29 is 9.59 Å². The second-order valence-corrected chi connectivity index (χ2v) is 3.85. The SMILES string of the molecule is CC(=O)c1ccc(NC(=O)CC(N)=S)cc1. The van der Waals surface area contributed by atoms with Gasteiger partial charge < -0.3 is 11.1 Å². The molecule has 0 aliphatic heterocycles. The van der Waals surface area contributed by atoms with E-state index in [1.54, 1.807) is 24.3 Å². The fraction of sp³-hybridized carbons (Fsp3) is 0.182. The van der Waals surface area contributed by atoms with Crippen molar-refractivity contribution in [3.05, 3.63) is 29.8 Å². The Morgan fingerprint density at radius 1 is 1.31 bits per heavy atom. The van der Waals surface area contributed by atoms with Crippen LogP contribution in [0.2, 0.25) is 0 Å². The first kappa shape index (κ1) is 12.3. The van der Waals surface area contributed by atoms with Crippen LogP contribution in [-0.2, 0) is 4.79 Å². The zero-order chi connectivity index (χ0) is 12.1. The summed E-state index contributed by atoms with van der Waals surface area (Å²) >= 11 is 4.62. The van der Waals surface area contributed by atoms with E-state index in [1.807, 2.05) is 0 Å². The molecule has 0 heterocycles. The van der Waals surface area contributed by atoms with Crippen molar-refractivity contribution in [1.29, 1.82) is 0 Å². The lowest BCUT2D eigenvalue weighted by atomic mass is 10.1. The number of anilines is 1. The number of hydrogen-bond donors (Lipinski definition) is 2. The number of Topliss-reactive ketones (excluding diaryl/α,β-unsaturated/α-hetero) is 1. The Balaban J connectivity index is 2.65. The van der Waals surface area contributed by atoms with Gasteiger partial charge in [-0.2, -0.15) is 0 Å². The average Bonchev–Trinajstić information content (AvgIpc) is 2.16. The van der Waals surface area contributed by atoms with Crippen LogP contribution in [0.3, 0.4) is 0 Å². The normalized spacial score (nSPS) is 9.56. The van der Waals surface area contributed by atoms with Crippen LogP contribution in [0.15, 0.2) is 24.3 Å². The number of carbonyl (C=O) groups is 2. The number of carbonyl (C=O) groups excluding carboxylic acids is 2. The van der Waals surface area contributed by atoms with Crippen LogP contribution < -0.4 is 11.1 Å². The van der Waals surface area contributed by atoms with Gasteiger partial charge in [0.25, 0.3) is 0 Å². The maximum Gasteiger partial charge on any atom is 0.231 e. The molecule has 0 bridgehead atoms. The summed E-state index contributed by atoms with van der Waals surface area (Å²) in [6.45, 7) is 1.49. The molecule has 4 nitrogen and oxygen atoms in total. The molecule has 0 fully saturated rings. The highest BCUT2D eigenvalue weighted by Gasteiger charge is 2.04. The molecule has 0 atom stereocenters. The van der Waals surface area contributed by atoms with E-state index >= 15 is 0 Å². The molecular formula is C11H12N2O2S. The number of thiocarbonyl (C=S) groups is 1. The summed E-state index contributed by atoms with van der Waals surface area (Å²) in [5.74, 6) is -0.274. The van der Waals surface area contributed by atoms with Gasteiger partial charge in [0.2, 0.25) is 5.91 Å². The number of nitrogens with one attached hydrogen (secondary N) is 1. The lowest BCUT2D eigenvalue weighted by molar-refractivity contribution is -0.115. The molecule has 3 N–H and O–H groups in total. The van der Waals surface area contributed by atoms with E-state index in [0.717, 1.165) is 0 Å². The number of ketones is 1. The largest absolute Gasteiger partial charge is 0.393 e. The molecule has 1 amide bonds. The zero-order valence-electron chi connectivity index (χ0n) is 8.82. The second kappa shape index (κ2) is 5.37. The van der Waals surface area contributed by atoms with Crippen molar-refractivity contribution in [2.24, 2.45) is 5.73 Å². The maximum atomic E-state index is 11.3. The molecule has 0 radical (unpaired) electrons. The molecule has 16 heavy (non-hydrogen) atoms. The van der Waals surface area contributed by atoms with Gasteiger partial charge in [0.15, 0.2) is 5.78 Å². The highest BCUT2D eigenvalue weighted by Crippen LogP contribution is 2.10. The van der Waals surface area contributed by atoms with Gasteiger partial charge in [0.1, 0.15) is 0 Å². The Kier molecular flexibility index (Phi) is 4.13. The molecule has 0 saturated heterocycles. The lowest BCUT2D eigenvalue weighted by Gasteiger charge is -2.04. The van der Waals surface area contributed by atoms with Gasteiger partial charge >= 0.3 is 0 Å². The summed E-state index contributed by atoms with van der Waals surface area (Å²) in [6, 6.07) is 6.62. The van der Waals surface area contributed by atoms with E-state index in [1.165, 1.54) is 6.92 Å². The minimum Gasteiger partial charge on any atom is -0.393 e. The Bertz CT molecular complexity index is 426. The Hall–Kier alpha value is -1.75. The molecule has 1 aromatic rings. The smallest absolute Gasteiger partial charge is 0.231 e. The standard InChI is InChI=1S/C11H12N2O2S/c1-7(14)8-2-4-9(5-3-8)13-11(15)6-10(12)16/h2-5H,6H2,1H3,(H2,12,16)(H,13,15). The van der Waals surface area contributed by atoms with Crippen LogP contribution in [0.5, 0.6) is 0 Å². The summed E-state index contributed by atoms with van der Waals surface area (Å²) in [5.41, 5.74) is 6.46. The van der Waals surface area contributed by atoms with Crippen LogP contribution in [0, 0.1) is 0 Å². The molecule has 0 unspecified atom stereocenters. The molecule has 1 aromatic carbocycles. The van der Waals surface area contributed by atoms with Crippen molar-refractivity contribution in [2.75, 3.05) is 5.32 Å². The number of benzene rings is 1. The van der Waals surface area contributed by atoms with Crippen LogP contribution >= 0.6 is 12.2 Å². The Morgan fingerprint density at radius 2 is 1.88 bits per heavy atom. The zero-order valence-corrected chi connectivity index (χ0v) is 9.64. The van der Waals surface area contributed by atoms with Crippen molar-refractivity contribution in [3.63, 3.8) is 0 Å². The predicted molar refractivity (Wildman–Crippen MR) is 66.5 cm³/mol. The highest BCUT2D eigenvalue weighted by molar-refractivity contribution is 7.80. The molecule has 0 spiro atoms. The first-order chi connectivity index (χ1) is 7.49. The minimum absolute atomic E-state index is 0.0130. The lowest BCUT2D eigenvalue weighted by Crippen LogP contribution is -2.20. The molecule has 1 rings (SSSR count). The topological polar surface area (TPSA) is 72.2 Å². The Morgan fingerprint density at radius 3 is 2.31 bits per heavy atom. The predicted octanol–water partition coefficient (Wildman–Crippen LogP) is 1.50. The third kappa shape index (κ3) is 3.78. The molecule has 0 aliphatic rings. The quantitative estimate of drug-likeness (QED) is 0.614. The van der Waals surface area contributed by atoms with Crippen molar-refractivity contribution >= 4 is 34.6 Å². The molecular weight excluding hydrogens is 224 g/mol. The van der Waals surface area contributed by atoms with Crippen LogP contribution in [-0.4, -0.2) is 16.7 Å². The van der Waals surface area contributed by atoms with Gasteiger partial charge in [0, 0.05) is 11.3 Å². The third-order valence-corrected chi connectivity index (χ3v) is 2.05. The van der Waals surface area contributed by atoms with Crippen LogP contribution in [0.1, 0.15) is 23.7 Å². The van der Waals surface area contributed by atoms with E-state index in [9.17, 15) is 9.59 Å². The monoisotopic (exact) mass is 236 g/mol. The summed E-state index contributed by atoms with van der Waals surface area (Å²) in [4.78, 5) is 22.5. The summed E-state index contributed by atoms with van der Waals surface area (Å²) in [5, 5.41) is 2.62. The number of hydrogen-bond acceptors (Lipinski definition) is 3. The van der Waals surface area contributed by atoms with Crippen molar-refractivity contribution in [3.8, 4) is 0 Å². The van der Waals surface area contributed by atoms with Gasteiger partial charge in [-0.3, -0.25) is 9.59 Å². The van der Waals surface area contributed by atoms with E-state index in [4.69, 9.17) is 5.73 Å². The fourth-order valence-electron chi connectivity index (χ4n) is 1.15. The average molecular weight is 236 g/mol. The molecule has 5 heteroatoms.